The van der Waals surface area contributed by atoms with Crippen molar-refractivity contribution in [2.75, 3.05) is 6.26 Å². The fourth-order valence-electron chi connectivity index (χ4n) is 3.26. The van der Waals surface area contributed by atoms with Gasteiger partial charge in [-0.05, 0) is 30.3 Å². The van der Waals surface area contributed by atoms with Gasteiger partial charge in [0.2, 0.25) is 0 Å². The number of nitrogens with one attached hydrogen (secondary N) is 1. The van der Waals surface area contributed by atoms with Gasteiger partial charge >= 0.3 is 0 Å². The van der Waals surface area contributed by atoms with Gasteiger partial charge in [-0.1, -0.05) is 12.1 Å². The van der Waals surface area contributed by atoms with E-state index in [0.29, 0.717) is 22.6 Å². The minimum absolute atomic E-state index is 0.0118. The number of fused-ring (bicyclic) bond motifs is 1. The Morgan fingerprint density at radius 3 is 2.47 bits per heavy atom. The highest BCUT2D eigenvalue weighted by Crippen LogP contribution is 2.39. The number of imidazole rings is 1. The number of H-pyrrole nitrogens is 1. The molecule has 3 aromatic heterocycles. The molecule has 11 heteroatoms. The predicted molar refractivity (Wildman–Crippen MR) is 122 cm³/mol. The second kappa shape index (κ2) is 8.27. The van der Waals surface area contributed by atoms with Crippen LogP contribution in [0.1, 0.15) is 0 Å². The van der Waals surface area contributed by atoms with Crippen LogP contribution in [-0.4, -0.2) is 39.4 Å². The Morgan fingerprint density at radius 1 is 1.00 bits per heavy atom. The number of aromatic nitrogens is 5. The van der Waals surface area contributed by atoms with Crippen molar-refractivity contribution < 1.29 is 22.3 Å². The van der Waals surface area contributed by atoms with E-state index in [2.05, 4.69) is 20.1 Å². The quantitative estimate of drug-likeness (QED) is 0.382. The molecular weight excluding hydrogens is 461 g/mol. The van der Waals surface area contributed by atoms with Crippen molar-refractivity contribution in [2.45, 2.75) is 5.03 Å². The number of benzene rings is 2. The number of aryl methyl sites for hydroxylation is 1. The molecular formula is C23H18FN5O4S. The maximum Gasteiger partial charge on any atom is 0.192 e. The van der Waals surface area contributed by atoms with Crippen LogP contribution in [0.25, 0.3) is 22.6 Å². The summed E-state index contributed by atoms with van der Waals surface area (Å²) in [7, 11) is -1.64. The van der Waals surface area contributed by atoms with Crippen LogP contribution in [0.4, 0.5) is 4.39 Å². The molecule has 0 radical (unpaired) electrons. The molecule has 0 saturated carbocycles. The molecule has 0 saturated heterocycles. The van der Waals surface area contributed by atoms with Gasteiger partial charge in [0.05, 0.1) is 17.2 Å². The molecule has 0 aliphatic heterocycles. The van der Waals surface area contributed by atoms with E-state index in [9.17, 15) is 12.8 Å². The maximum atomic E-state index is 14.3. The first kappa shape index (κ1) is 21.6. The third kappa shape index (κ3) is 4.33. The first-order chi connectivity index (χ1) is 16.3. The molecule has 34 heavy (non-hydrogen) atoms. The van der Waals surface area contributed by atoms with E-state index in [1.807, 2.05) is 13.1 Å². The zero-order valence-corrected chi connectivity index (χ0v) is 18.9. The van der Waals surface area contributed by atoms with Gasteiger partial charge in [-0.3, -0.25) is 4.68 Å². The molecule has 0 amide bonds. The third-order valence-electron chi connectivity index (χ3n) is 4.88. The predicted octanol–water partition coefficient (Wildman–Crippen LogP) is 4.49. The Bertz CT molecular complexity index is 1610. The zero-order valence-electron chi connectivity index (χ0n) is 18.1. The Hall–Kier alpha value is -4.25. The number of hydrogen-bond acceptors (Lipinski definition) is 7. The van der Waals surface area contributed by atoms with Gasteiger partial charge in [0.1, 0.15) is 11.4 Å². The van der Waals surface area contributed by atoms with Crippen LogP contribution < -0.4 is 9.47 Å². The summed E-state index contributed by atoms with van der Waals surface area (Å²) >= 11 is 0. The molecule has 3 heterocycles. The lowest BCUT2D eigenvalue weighted by Gasteiger charge is -2.13. The average Bonchev–Trinajstić information content (AvgIpc) is 3.41. The van der Waals surface area contributed by atoms with Crippen molar-refractivity contribution in [3.05, 3.63) is 72.8 Å². The van der Waals surface area contributed by atoms with Gasteiger partial charge < -0.3 is 14.5 Å². The zero-order chi connectivity index (χ0) is 23.9. The number of para-hydroxylation sites is 1. The average molecular weight is 479 g/mol. The number of aromatic amines is 1. The molecule has 0 bridgehead atoms. The number of rotatable bonds is 6. The van der Waals surface area contributed by atoms with Crippen molar-refractivity contribution in [3.63, 3.8) is 0 Å². The van der Waals surface area contributed by atoms with Crippen molar-refractivity contribution in [1.82, 2.24) is 24.7 Å². The SMILES string of the molecule is Cn1ccc(-c2nc3cc(Oc4ccccc4F)c(Oc4ccc(S(C)(=O)=O)nc4)cc3[nH]2)n1. The first-order valence-corrected chi connectivity index (χ1v) is 12.0. The van der Waals surface area contributed by atoms with Gasteiger partial charge in [0.25, 0.3) is 0 Å². The van der Waals surface area contributed by atoms with Crippen molar-refractivity contribution >= 4 is 20.9 Å². The monoisotopic (exact) mass is 479 g/mol. The molecule has 0 fully saturated rings. The lowest BCUT2D eigenvalue weighted by atomic mass is 10.2. The second-order valence-electron chi connectivity index (χ2n) is 7.52. The highest BCUT2D eigenvalue weighted by Gasteiger charge is 2.17. The van der Waals surface area contributed by atoms with E-state index >= 15 is 0 Å². The second-order valence-corrected chi connectivity index (χ2v) is 9.48. The van der Waals surface area contributed by atoms with Crippen LogP contribution in [-0.2, 0) is 16.9 Å². The highest BCUT2D eigenvalue weighted by atomic mass is 32.2. The summed E-state index contributed by atoms with van der Waals surface area (Å²) in [5.41, 5.74) is 1.85. The van der Waals surface area contributed by atoms with Crippen LogP contribution in [0.2, 0.25) is 0 Å². The number of halogens is 1. The molecule has 5 aromatic rings. The lowest BCUT2D eigenvalue weighted by molar-refractivity contribution is 0.402. The van der Waals surface area contributed by atoms with Crippen LogP contribution in [0.15, 0.2) is 72.0 Å². The number of nitrogens with zero attached hydrogens (tertiary/aromatic N) is 4. The maximum absolute atomic E-state index is 14.3. The summed E-state index contributed by atoms with van der Waals surface area (Å²) in [6.45, 7) is 0. The van der Waals surface area contributed by atoms with E-state index in [0.717, 1.165) is 6.26 Å². The smallest absolute Gasteiger partial charge is 0.192 e. The number of pyridine rings is 1. The van der Waals surface area contributed by atoms with E-state index in [-0.39, 0.29) is 28.0 Å². The topological polar surface area (TPSA) is 112 Å². The number of ether oxygens (including phenoxy) is 2. The molecule has 1 N–H and O–H groups in total. The van der Waals surface area contributed by atoms with Crippen molar-refractivity contribution in [1.29, 1.82) is 0 Å². The summed E-state index contributed by atoms with van der Waals surface area (Å²) in [5.74, 6) is 0.754. The minimum atomic E-state index is -3.45. The largest absolute Gasteiger partial charge is 0.452 e. The summed E-state index contributed by atoms with van der Waals surface area (Å²) in [5, 5.41) is 4.27. The van der Waals surface area contributed by atoms with E-state index in [1.54, 1.807) is 35.1 Å². The Labute approximate surface area is 193 Å². The summed E-state index contributed by atoms with van der Waals surface area (Å²) in [6, 6.07) is 13.9. The Kier molecular flexibility index (Phi) is 5.25. The molecule has 2 aromatic carbocycles. The molecule has 0 spiro atoms. The summed E-state index contributed by atoms with van der Waals surface area (Å²) in [6.07, 6.45) is 4.16. The fourth-order valence-corrected chi connectivity index (χ4v) is 3.82. The summed E-state index contributed by atoms with van der Waals surface area (Å²) < 4.78 is 51.1. The van der Waals surface area contributed by atoms with Gasteiger partial charge in [-0.15, -0.1) is 0 Å². The van der Waals surface area contributed by atoms with Gasteiger partial charge in [-0.25, -0.2) is 22.8 Å². The Balaban J connectivity index is 1.57. The van der Waals surface area contributed by atoms with E-state index in [1.165, 1.54) is 30.5 Å². The number of sulfone groups is 1. The molecule has 0 unspecified atom stereocenters. The number of hydrogen-bond donors (Lipinski definition) is 1. The van der Waals surface area contributed by atoms with Crippen LogP contribution in [0.5, 0.6) is 23.0 Å². The van der Waals surface area contributed by atoms with Crippen LogP contribution in [0.3, 0.4) is 0 Å². The molecule has 9 nitrogen and oxygen atoms in total. The molecule has 0 aliphatic carbocycles. The normalized spacial score (nSPS) is 11.6. The molecule has 0 atom stereocenters. The van der Waals surface area contributed by atoms with E-state index < -0.39 is 15.7 Å². The van der Waals surface area contributed by atoms with Gasteiger partial charge in [0, 0.05) is 31.6 Å². The van der Waals surface area contributed by atoms with Gasteiger partial charge in [0.15, 0.2) is 43.8 Å². The third-order valence-corrected chi connectivity index (χ3v) is 5.88. The van der Waals surface area contributed by atoms with Crippen molar-refractivity contribution in [2.24, 2.45) is 7.05 Å². The molecule has 172 valence electrons. The highest BCUT2D eigenvalue weighted by molar-refractivity contribution is 7.90. The van der Waals surface area contributed by atoms with Crippen LogP contribution in [0, 0.1) is 5.82 Å². The first-order valence-electron chi connectivity index (χ1n) is 10.1. The minimum Gasteiger partial charge on any atom is -0.452 e. The van der Waals surface area contributed by atoms with Crippen molar-refractivity contribution in [3.8, 4) is 34.5 Å². The summed E-state index contributed by atoms with van der Waals surface area (Å²) in [4.78, 5) is 11.7. The van der Waals surface area contributed by atoms with E-state index in [4.69, 9.17) is 9.47 Å². The fraction of sp³-hybridized carbons (Fsp3) is 0.0870. The standard InChI is InChI=1S/C23H18FN5O4S/c1-29-10-9-16(28-29)23-26-17-11-20(32-14-7-8-22(25-13-14)34(2,30)31)21(12-18(17)27-23)33-19-6-4-3-5-15(19)24/h3-13H,1-2H3,(H,26,27). The van der Waals surface area contributed by atoms with Crippen LogP contribution >= 0.6 is 0 Å². The lowest BCUT2D eigenvalue weighted by Crippen LogP contribution is -2.00. The van der Waals surface area contributed by atoms with Gasteiger partial charge in [-0.2, -0.15) is 5.10 Å². The molecule has 0 aliphatic rings. The molecule has 5 rings (SSSR count). The Morgan fingerprint density at radius 2 is 1.79 bits per heavy atom.